The fraction of sp³-hybridized carbons (Fsp3) is 0.389. The predicted octanol–water partition coefficient (Wildman–Crippen LogP) is 3.81. The maximum absolute atomic E-state index is 13.7. The van der Waals surface area contributed by atoms with Gasteiger partial charge in [0.25, 0.3) is 5.89 Å². The Hall–Kier alpha value is -2.34. The molecule has 2 fully saturated rings. The number of benzene rings is 1. The molecule has 3 aromatic rings. The summed E-state index contributed by atoms with van der Waals surface area (Å²) in [7, 11) is 0. The second-order valence-corrected chi connectivity index (χ2v) is 6.55. The Bertz CT molecular complexity index is 914. The third kappa shape index (κ3) is 2.38. The molecule has 0 bridgehead atoms. The van der Waals surface area contributed by atoms with E-state index in [1.54, 1.807) is 6.07 Å². The van der Waals surface area contributed by atoms with Gasteiger partial charge in [-0.3, -0.25) is 4.98 Å². The van der Waals surface area contributed by atoms with Crippen LogP contribution in [0.2, 0.25) is 0 Å². The number of nitrogens with zero attached hydrogens (tertiary/aromatic N) is 3. The molecule has 5 nitrogen and oxygen atoms in total. The minimum Gasteiger partial charge on any atom is -0.381 e. The monoisotopic (exact) mass is 325 g/mol. The fourth-order valence-electron chi connectivity index (χ4n) is 3.23. The van der Waals surface area contributed by atoms with Gasteiger partial charge in [0.05, 0.1) is 17.7 Å². The Morgan fingerprint density at radius 2 is 1.96 bits per heavy atom. The topological polar surface area (TPSA) is 61.0 Å². The van der Waals surface area contributed by atoms with Gasteiger partial charge in [-0.25, -0.2) is 4.39 Å². The van der Waals surface area contributed by atoms with E-state index in [4.69, 9.17) is 9.26 Å². The molecule has 1 saturated heterocycles. The predicted molar refractivity (Wildman–Crippen MR) is 85.1 cm³/mol. The van der Waals surface area contributed by atoms with Crippen LogP contribution in [0.25, 0.3) is 22.4 Å². The zero-order chi connectivity index (χ0) is 16.1. The van der Waals surface area contributed by atoms with Crippen molar-refractivity contribution in [3.8, 4) is 11.5 Å². The van der Waals surface area contributed by atoms with E-state index in [0.29, 0.717) is 29.6 Å². The van der Waals surface area contributed by atoms with Crippen LogP contribution in [0.1, 0.15) is 42.6 Å². The number of pyridine rings is 1. The normalized spacial score (nSPS) is 20.8. The number of hydrogen-bond acceptors (Lipinski definition) is 5. The van der Waals surface area contributed by atoms with E-state index in [9.17, 15) is 4.39 Å². The van der Waals surface area contributed by atoms with Gasteiger partial charge >= 0.3 is 0 Å². The van der Waals surface area contributed by atoms with Crippen LogP contribution < -0.4 is 0 Å². The first-order chi connectivity index (χ1) is 11.8. The Balaban J connectivity index is 1.65. The van der Waals surface area contributed by atoms with E-state index >= 15 is 0 Å². The number of fused-ring (bicyclic) bond motifs is 1. The minimum atomic E-state index is -0.298. The van der Waals surface area contributed by atoms with Crippen molar-refractivity contribution in [2.75, 3.05) is 13.2 Å². The summed E-state index contributed by atoms with van der Waals surface area (Å²) in [5, 5.41) is 4.82. The lowest BCUT2D eigenvalue weighted by Crippen LogP contribution is -1.99. The molecule has 2 aliphatic rings. The first kappa shape index (κ1) is 14.0. The molecule has 3 heterocycles. The highest BCUT2D eigenvalue weighted by atomic mass is 19.1. The van der Waals surface area contributed by atoms with Crippen LogP contribution in [-0.4, -0.2) is 28.3 Å². The summed E-state index contributed by atoms with van der Waals surface area (Å²) in [6, 6.07) is 6.60. The molecule has 1 aliphatic carbocycles. The largest absolute Gasteiger partial charge is 0.381 e. The number of aromatic nitrogens is 3. The van der Waals surface area contributed by atoms with Gasteiger partial charge in [-0.15, -0.1) is 0 Å². The van der Waals surface area contributed by atoms with Gasteiger partial charge in [0.2, 0.25) is 0 Å². The third-order valence-electron chi connectivity index (χ3n) is 4.75. The molecule has 1 saturated carbocycles. The second-order valence-electron chi connectivity index (χ2n) is 6.55. The van der Waals surface area contributed by atoms with Crippen LogP contribution in [0.3, 0.4) is 0 Å². The average Bonchev–Trinajstić information content (AvgIpc) is 3.10. The van der Waals surface area contributed by atoms with Crippen molar-refractivity contribution in [1.82, 2.24) is 15.1 Å². The van der Waals surface area contributed by atoms with E-state index < -0.39 is 0 Å². The van der Waals surface area contributed by atoms with Gasteiger partial charge in [0, 0.05) is 29.5 Å². The van der Waals surface area contributed by atoms with Crippen molar-refractivity contribution in [3.05, 3.63) is 41.6 Å². The highest BCUT2D eigenvalue weighted by Crippen LogP contribution is 2.41. The summed E-state index contributed by atoms with van der Waals surface area (Å²) in [5.41, 5.74) is 2.55. The highest BCUT2D eigenvalue weighted by Gasteiger charge is 2.28. The van der Waals surface area contributed by atoms with E-state index in [2.05, 4.69) is 15.1 Å². The lowest BCUT2D eigenvalue weighted by Gasteiger charge is -2.06. The van der Waals surface area contributed by atoms with Crippen molar-refractivity contribution in [2.24, 2.45) is 0 Å². The molecule has 0 unspecified atom stereocenters. The first-order valence-electron chi connectivity index (χ1n) is 8.30. The van der Waals surface area contributed by atoms with Crippen LogP contribution in [0, 0.1) is 5.82 Å². The SMILES string of the molecule is Fc1ccc2nc(C3CC3)cc(-c3nc([C@H]4CCOC4)no3)c2c1. The number of halogens is 1. The van der Waals surface area contributed by atoms with Crippen molar-refractivity contribution < 1.29 is 13.7 Å². The van der Waals surface area contributed by atoms with E-state index in [0.717, 1.165) is 42.6 Å². The standard InChI is InChI=1S/C18H16FN3O2/c19-12-3-4-15-13(7-12)14(8-16(20-15)10-1-2-10)18-21-17(22-24-18)11-5-6-23-9-11/h3-4,7-8,10-11H,1-2,5-6,9H2/t11-/m0/s1. The lowest BCUT2D eigenvalue weighted by molar-refractivity contribution is 0.192. The molecular formula is C18H16FN3O2. The Morgan fingerprint density at radius 1 is 1.04 bits per heavy atom. The number of hydrogen-bond donors (Lipinski definition) is 0. The second kappa shape index (κ2) is 5.34. The molecule has 0 N–H and O–H groups in total. The summed E-state index contributed by atoms with van der Waals surface area (Å²) in [6.07, 6.45) is 3.19. The van der Waals surface area contributed by atoms with Crippen molar-refractivity contribution in [2.45, 2.75) is 31.1 Å². The molecular weight excluding hydrogens is 309 g/mol. The van der Waals surface area contributed by atoms with Crippen LogP contribution in [0.15, 0.2) is 28.8 Å². The van der Waals surface area contributed by atoms with Crippen molar-refractivity contribution in [3.63, 3.8) is 0 Å². The Kier molecular flexibility index (Phi) is 3.13. The fourth-order valence-corrected chi connectivity index (χ4v) is 3.23. The first-order valence-corrected chi connectivity index (χ1v) is 8.30. The molecule has 0 radical (unpaired) electrons. The molecule has 6 heteroatoms. The zero-order valence-electron chi connectivity index (χ0n) is 13.0. The maximum Gasteiger partial charge on any atom is 0.258 e. The lowest BCUT2D eigenvalue weighted by atomic mass is 10.1. The number of ether oxygens (including phenoxy) is 1. The molecule has 24 heavy (non-hydrogen) atoms. The van der Waals surface area contributed by atoms with E-state index in [1.165, 1.54) is 12.1 Å². The van der Waals surface area contributed by atoms with Crippen LogP contribution in [0.5, 0.6) is 0 Å². The molecule has 0 amide bonds. The molecule has 1 aliphatic heterocycles. The van der Waals surface area contributed by atoms with Gasteiger partial charge in [0.15, 0.2) is 5.82 Å². The molecule has 5 rings (SSSR count). The minimum absolute atomic E-state index is 0.176. The van der Waals surface area contributed by atoms with E-state index in [-0.39, 0.29) is 11.7 Å². The molecule has 0 spiro atoms. The zero-order valence-corrected chi connectivity index (χ0v) is 13.0. The van der Waals surface area contributed by atoms with Gasteiger partial charge in [-0.1, -0.05) is 5.16 Å². The summed E-state index contributed by atoms with van der Waals surface area (Å²) >= 11 is 0. The van der Waals surface area contributed by atoms with Gasteiger partial charge in [-0.2, -0.15) is 4.98 Å². The number of rotatable bonds is 3. The summed E-state index contributed by atoms with van der Waals surface area (Å²) in [4.78, 5) is 9.23. The smallest absolute Gasteiger partial charge is 0.258 e. The Morgan fingerprint density at radius 3 is 2.75 bits per heavy atom. The van der Waals surface area contributed by atoms with Crippen LogP contribution in [0.4, 0.5) is 4.39 Å². The highest BCUT2D eigenvalue weighted by molar-refractivity contribution is 5.92. The summed E-state index contributed by atoms with van der Waals surface area (Å²) in [6.45, 7) is 1.35. The van der Waals surface area contributed by atoms with Gasteiger partial charge in [0.1, 0.15) is 5.82 Å². The average molecular weight is 325 g/mol. The third-order valence-corrected chi connectivity index (χ3v) is 4.75. The quantitative estimate of drug-likeness (QED) is 0.733. The van der Waals surface area contributed by atoms with Crippen molar-refractivity contribution in [1.29, 1.82) is 0 Å². The summed E-state index contributed by atoms with van der Waals surface area (Å²) < 4.78 is 24.6. The molecule has 2 aromatic heterocycles. The summed E-state index contributed by atoms with van der Waals surface area (Å²) in [5.74, 6) is 1.46. The maximum atomic E-state index is 13.7. The Labute approximate surface area is 137 Å². The van der Waals surface area contributed by atoms with Crippen molar-refractivity contribution >= 4 is 10.9 Å². The molecule has 1 aromatic carbocycles. The van der Waals surface area contributed by atoms with Crippen LogP contribution in [-0.2, 0) is 4.74 Å². The van der Waals surface area contributed by atoms with Gasteiger partial charge < -0.3 is 9.26 Å². The molecule has 1 atom stereocenters. The van der Waals surface area contributed by atoms with Gasteiger partial charge in [-0.05, 0) is 43.5 Å². The van der Waals surface area contributed by atoms with Crippen LogP contribution >= 0.6 is 0 Å². The molecule has 122 valence electrons. The van der Waals surface area contributed by atoms with E-state index in [1.807, 2.05) is 6.07 Å².